The zero-order valence-electron chi connectivity index (χ0n) is 10.1. The molecule has 1 aliphatic heterocycles. The van der Waals surface area contributed by atoms with Gasteiger partial charge in [-0.2, -0.15) is 0 Å². The lowest BCUT2D eigenvalue weighted by Gasteiger charge is -2.25. The molecule has 98 valence electrons. The Morgan fingerprint density at radius 1 is 1.11 bits per heavy atom. The standard InChI is InChI=1S/C13H16F2N2O/c14-11-4-3-10(9-12(11)15)13(18)17-7-2-1-5-16-6-8-17/h3-4,9,16H,1-2,5-8H2. The Morgan fingerprint density at radius 3 is 2.72 bits per heavy atom. The lowest BCUT2D eigenvalue weighted by Crippen LogP contribution is -2.40. The minimum Gasteiger partial charge on any atom is -0.337 e. The number of halogens is 2. The van der Waals surface area contributed by atoms with Crippen LogP contribution in [0.5, 0.6) is 0 Å². The topological polar surface area (TPSA) is 32.3 Å². The van der Waals surface area contributed by atoms with Gasteiger partial charge in [-0.25, -0.2) is 8.78 Å². The molecule has 1 heterocycles. The molecule has 1 aliphatic rings. The molecule has 0 unspecified atom stereocenters. The molecule has 1 aromatic carbocycles. The Balaban J connectivity index is 2.10. The number of nitrogens with one attached hydrogen (secondary N) is 1. The van der Waals surface area contributed by atoms with Crippen LogP contribution in [0.2, 0.25) is 0 Å². The van der Waals surface area contributed by atoms with Crippen LogP contribution in [-0.2, 0) is 0 Å². The van der Waals surface area contributed by atoms with Crippen molar-refractivity contribution in [1.82, 2.24) is 10.2 Å². The zero-order valence-corrected chi connectivity index (χ0v) is 10.1. The summed E-state index contributed by atoms with van der Waals surface area (Å²) in [5, 5.41) is 3.22. The fourth-order valence-electron chi connectivity index (χ4n) is 2.02. The van der Waals surface area contributed by atoms with Crippen LogP contribution >= 0.6 is 0 Å². The van der Waals surface area contributed by atoms with Crippen LogP contribution < -0.4 is 5.32 Å². The normalized spacial score (nSPS) is 17.1. The van der Waals surface area contributed by atoms with Gasteiger partial charge in [0.05, 0.1) is 0 Å². The number of amides is 1. The van der Waals surface area contributed by atoms with Gasteiger partial charge in [0.2, 0.25) is 0 Å². The molecule has 0 atom stereocenters. The van der Waals surface area contributed by atoms with E-state index in [0.29, 0.717) is 13.1 Å². The molecule has 5 heteroatoms. The predicted molar refractivity (Wildman–Crippen MR) is 64.4 cm³/mol. The van der Waals surface area contributed by atoms with Crippen LogP contribution in [-0.4, -0.2) is 37.0 Å². The second kappa shape index (κ2) is 5.91. The Kier molecular flexibility index (Phi) is 4.25. The third-order valence-corrected chi connectivity index (χ3v) is 3.04. The highest BCUT2D eigenvalue weighted by atomic mass is 19.2. The summed E-state index contributed by atoms with van der Waals surface area (Å²) < 4.78 is 25.9. The second-order valence-corrected chi connectivity index (χ2v) is 4.38. The van der Waals surface area contributed by atoms with Crippen molar-refractivity contribution in [2.45, 2.75) is 12.8 Å². The van der Waals surface area contributed by atoms with Crippen molar-refractivity contribution in [3.8, 4) is 0 Å². The average Bonchev–Trinajstić information content (AvgIpc) is 2.31. The van der Waals surface area contributed by atoms with E-state index < -0.39 is 11.6 Å². The molecule has 1 aromatic rings. The Morgan fingerprint density at radius 2 is 1.94 bits per heavy atom. The van der Waals surface area contributed by atoms with Gasteiger partial charge in [0.15, 0.2) is 11.6 Å². The van der Waals surface area contributed by atoms with E-state index in [2.05, 4.69) is 5.32 Å². The molecular weight excluding hydrogens is 238 g/mol. The summed E-state index contributed by atoms with van der Waals surface area (Å²) in [5.41, 5.74) is 0.203. The number of nitrogens with zero attached hydrogens (tertiary/aromatic N) is 1. The number of hydrogen-bond donors (Lipinski definition) is 1. The molecule has 1 saturated heterocycles. The maximum atomic E-state index is 13.1. The van der Waals surface area contributed by atoms with Gasteiger partial charge in [-0.15, -0.1) is 0 Å². The molecule has 1 amide bonds. The molecule has 3 nitrogen and oxygen atoms in total. The van der Waals surface area contributed by atoms with Crippen LogP contribution in [0.1, 0.15) is 23.2 Å². The summed E-state index contributed by atoms with van der Waals surface area (Å²) in [5.74, 6) is -2.15. The van der Waals surface area contributed by atoms with Crippen molar-refractivity contribution in [2.24, 2.45) is 0 Å². The molecule has 0 bridgehead atoms. The largest absolute Gasteiger partial charge is 0.337 e. The van der Waals surface area contributed by atoms with Crippen molar-refractivity contribution in [3.05, 3.63) is 35.4 Å². The van der Waals surface area contributed by atoms with Crippen molar-refractivity contribution < 1.29 is 13.6 Å². The van der Waals surface area contributed by atoms with Gasteiger partial charge < -0.3 is 10.2 Å². The summed E-state index contributed by atoms with van der Waals surface area (Å²) in [4.78, 5) is 13.8. The molecule has 0 radical (unpaired) electrons. The highest BCUT2D eigenvalue weighted by Crippen LogP contribution is 2.12. The van der Waals surface area contributed by atoms with Crippen molar-refractivity contribution >= 4 is 5.91 Å². The summed E-state index contributed by atoms with van der Waals surface area (Å²) in [7, 11) is 0. The van der Waals surface area contributed by atoms with E-state index in [1.165, 1.54) is 6.07 Å². The number of benzene rings is 1. The molecule has 1 fully saturated rings. The minimum absolute atomic E-state index is 0.203. The van der Waals surface area contributed by atoms with E-state index in [4.69, 9.17) is 0 Å². The van der Waals surface area contributed by atoms with E-state index in [0.717, 1.165) is 38.1 Å². The Hall–Kier alpha value is -1.49. The molecule has 2 rings (SSSR count). The van der Waals surface area contributed by atoms with Crippen molar-refractivity contribution in [2.75, 3.05) is 26.2 Å². The lowest BCUT2D eigenvalue weighted by atomic mass is 10.1. The lowest BCUT2D eigenvalue weighted by molar-refractivity contribution is 0.0747. The monoisotopic (exact) mass is 254 g/mol. The molecular formula is C13H16F2N2O. The average molecular weight is 254 g/mol. The maximum absolute atomic E-state index is 13.1. The fourth-order valence-corrected chi connectivity index (χ4v) is 2.02. The van der Waals surface area contributed by atoms with Crippen LogP contribution in [0.25, 0.3) is 0 Å². The second-order valence-electron chi connectivity index (χ2n) is 4.38. The number of rotatable bonds is 1. The predicted octanol–water partition coefficient (Wildman–Crippen LogP) is 1.79. The minimum atomic E-state index is -0.981. The van der Waals surface area contributed by atoms with Gasteiger partial charge in [-0.3, -0.25) is 4.79 Å². The van der Waals surface area contributed by atoms with E-state index >= 15 is 0 Å². The van der Waals surface area contributed by atoms with Crippen molar-refractivity contribution in [1.29, 1.82) is 0 Å². The first-order valence-corrected chi connectivity index (χ1v) is 6.13. The van der Waals surface area contributed by atoms with E-state index in [1.807, 2.05) is 0 Å². The first-order valence-electron chi connectivity index (χ1n) is 6.13. The Labute approximate surface area is 105 Å². The number of carbonyl (C=O) groups is 1. The first kappa shape index (κ1) is 13.0. The van der Waals surface area contributed by atoms with Crippen LogP contribution in [0, 0.1) is 11.6 Å². The number of carbonyl (C=O) groups excluding carboxylic acids is 1. The fraction of sp³-hybridized carbons (Fsp3) is 0.462. The maximum Gasteiger partial charge on any atom is 0.254 e. The third kappa shape index (κ3) is 3.04. The third-order valence-electron chi connectivity index (χ3n) is 3.04. The van der Waals surface area contributed by atoms with Crippen LogP contribution in [0.4, 0.5) is 8.78 Å². The quantitative estimate of drug-likeness (QED) is 0.828. The van der Waals surface area contributed by atoms with Gasteiger partial charge in [-0.1, -0.05) is 0 Å². The molecule has 0 spiro atoms. The summed E-state index contributed by atoms with van der Waals surface area (Å²) in [6.07, 6.45) is 1.93. The molecule has 18 heavy (non-hydrogen) atoms. The zero-order chi connectivity index (χ0) is 13.0. The van der Waals surface area contributed by atoms with E-state index in [9.17, 15) is 13.6 Å². The van der Waals surface area contributed by atoms with Crippen molar-refractivity contribution in [3.63, 3.8) is 0 Å². The summed E-state index contributed by atoms with van der Waals surface area (Å²) >= 11 is 0. The van der Waals surface area contributed by atoms with Gasteiger partial charge in [0.1, 0.15) is 0 Å². The molecule has 0 aromatic heterocycles. The van der Waals surface area contributed by atoms with E-state index in [1.54, 1.807) is 4.90 Å². The van der Waals surface area contributed by atoms with Gasteiger partial charge in [0.25, 0.3) is 5.91 Å². The Bertz CT molecular complexity index is 429. The summed E-state index contributed by atoms with van der Waals surface area (Å²) in [6.45, 7) is 2.96. The molecule has 0 aliphatic carbocycles. The summed E-state index contributed by atoms with van der Waals surface area (Å²) in [6, 6.07) is 3.28. The highest BCUT2D eigenvalue weighted by molar-refractivity contribution is 5.94. The van der Waals surface area contributed by atoms with Gasteiger partial charge in [-0.05, 0) is 37.6 Å². The SMILES string of the molecule is O=C(c1ccc(F)c(F)c1)N1CCCCNCC1. The van der Waals surface area contributed by atoms with E-state index in [-0.39, 0.29) is 11.5 Å². The number of hydrogen-bond acceptors (Lipinski definition) is 2. The molecule has 1 N–H and O–H groups in total. The highest BCUT2D eigenvalue weighted by Gasteiger charge is 2.17. The van der Waals surface area contributed by atoms with Gasteiger partial charge >= 0.3 is 0 Å². The van der Waals surface area contributed by atoms with Crippen LogP contribution in [0.3, 0.4) is 0 Å². The van der Waals surface area contributed by atoms with Gasteiger partial charge in [0, 0.05) is 25.2 Å². The first-order chi connectivity index (χ1) is 8.68. The smallest absolute Gasteiger partial charge is 0.254 e. The van der Waals surface area contributed by atoms with Crippen LogP contribution in [0.15, 0.2) is 18.2 Å². The molecule has 0 saturated carbocycles.